The van der Waals surface area contributed by atoms with E-state index in [0.29, 0.717) is 0 Å². The van der Waals surface area contributed by atoms with Gasteiger partial charge in [0.05, 0.1) is 55.2 Å². The van der Waals surface area contributed by atoms with E-state index in [0.717, 1.165) is 5.69 Å². The van der Waals surface area contributed by atoms with Crippen LogP contribution < -0.4 is 0 Å². The molecule has 0 aliphatic carbocycles. The zero-order valence-electron chi connectivity index (χ0n) is 75.4. The van der Waals surface area contributed by atoms with Gasteiger partial charge in [-0.05, 0) is 259 Å². The Kier molecular flexibility index (Phi) is 20.1. The number of hydrogen-bond acceptors (Lipinski definition) is 1. The minimum atomic E-state index is 1.15. The minimum absolute atomic E-state index is 1.15. The molecule has 28 aromatic rings. The molecule has 28 rings (SSSR count). The molecule has 0 saturated heterocycles. The molecule has 6 aromatic heterocycles. The summed E-state index contributed by atoms with van der Waals surface area (Å²) in [6.07, 6.45) is 0. The highest BCUT2D eigenvalue weighted by Crippen LogP contribution is 2.47. The Hall–Kier alpha value is -17.9. The molecule has 0 N–H and O–H groups in total. The van der Waals surface area contributed by atoms with E-state index in [-0.39, 0.29) is 0 Å². The lowest BCUT2D eigenvalue weighted by Crippen LogP contribution is -1.96. The number of thiophene rings is 1. The molecule has 138 heavy (non-hydrogen) atoms. The third-order valence-corrected chi connectivity index (χ3v) is 29.0. The Morgan fingerprint density at radius 1 is 0.116 bits per heavy atom. The summed E-state index contributed by atoms with van der Waals surface area (Å²) in [7, 11) is 0. The first-order valence-electron chi connectivity index (χ1n) is 47.3. The highest BCUT2D eigenvalue weighted by molar-refractivity contribution is 7.26. The Morgan fingerprint density at radius 3 is 0.732 bits per heavy atom. The van der Waals surface area contributed by atoms with Crippen molar-refractivity contribution >= 4 is 141 Å². The van der Waals surface area contributed by atoms with Crippen molar-refractivity contribution < 1.29 is 0 Å². The normalized spacial score (nSPS) is 11.6. The van der Waals surface area contributed by atoms with Gasteiger partial charge < -0.3 is 22.8 Å². The van der Waals surface area contributed by atoms with Gasteiger partial charge in [-0.3, -0.25) is 0 Å². The molecule has 0 fully saturated rings. The molecule has 0 amide bonds. The van der Waals surface area contributed by atoms with E-state index in [1.165, 1.54) is 241 Å². The highest BCUT2D eigenvalue weighted by Gasteiger charge is 2.23. The maximum atomic E-state index is 2.43. The van der Waals surface area contributed by atoms with E-state index < -0.39 is 0 Å². The number of fused-ring (bicyclic) bond motifs is 18. The molecule has 0 unspecified atom stereocenters. The van der Waals surface area contributed by atoms with Gasteiger partial charge in [0, 0.05) is 102 Å². The van der Waals surface area contributed by atoms with E-state index in [1.54, 1.807) is 0 Å². The number of nitrogens with zero attached hydrogens (tertiary/aromatic N) is 5. The number of para-hydroxylation sites is 10. The predicted molar refractivity (Wildman–Crippen MR) is 587 cm³/mol. The third kappa shape index (κ3) is 14.2. The Morgan fingerprint density at radius 2 is 0.341 bits per heavy atom. The van der Waals surface area contributed by atoms with Crippen LogP contribution in [0.5, 0.6) is 0 Å². The summed E-state index contributed by atoms with van der Waals surface area (Å²) in [6, 6.07) is 192. The Balaban J connectivity index is 0.000000108. The van der Waals surface area contributed by atoms with Gasteiger partial charge in [-0.1, -0.05) is 358 Å². The van der Waals surface area contributed by atoms with Crippen molar-refractivity contribution in [1.82, 2.24) is 22.8 Å². The molecule has 5 nitrogen and oxygen atoms in total. The largest absolute Gasteiger partial charge is 0.309 e. The molecule has 0 atom stereocenters. The van der Waals surface area contributed by atoms with Crippen LogP contribution in [0.1, 0.15) is 0 Å². The van der Waals surface area contributed by atoms with Crippen LogP contribution in [-0.2, 0) is 0 Å². The monoisotopic (exact) mass is 1770 g/mol. The highest BCUT2D eigenvalue weighted by atomic mass is 32.1. The van der Waals surface area contributed by atoms with Crippen molar-refractivity contribution in [3.8, 4) is 117 Å². The second-order valence-corrected chi connectivity index (χ2v) is 36.8. The molecule has 0 spiro atoms. The van der Waals surface area contributed by atoms with Crippen LogP contribution in [-0.4, -0.2) is 22.8 Å². The van der Waals surface area contributed by atoms with Crippen LogP contribution in [0.4, 0.5) is 0 Å². The van der Waals surface area contributed by atoms with Gasteiger partial charge in [0.25, 0.3) is 0 Å². The summed E-state index contributed by atoms with van der Waals surface area (Å²) in [5.41, 5.74) is 37.4. The molecule has 646 valence electrons. The number of rotatable bonds is 13. The van der Waals surface area contributed by atoms with Gasteiger partial charge in [-0.15, -0.1) is 11.3 Å². The first-order chi connectivity index (χ1) is 68.4. The Labute approximate surface area is 802 Å². The van der Waals surface area contributed by atoms with Gasteiger partial charge in [-0.2, -0.15) is 0 Å². The lowest BCUT2D eigenvalue weighted by molar-refractivity contribution is 1.18. The van der Waals surface area contributed by atoms with E-state index in [2.05, 4.69) is 551 Å². The number of hydrogen-bond donors (Lipinski definition) is 0. The quantitative estimate of drug-likeness (QED) is 0.110. The lowest BCUT2D eigenvalue weighted by atomic mass is 9.91. The summed E-state index contributed by atoms with van der Waals surface area (Å²) in [4.78, 5) is 0. The van der Waals surface area contributed by atoms with Crippen molar-refractivity contribution in [2.45, 2.75) is 0 Å². The molecular formula is C132H87N5S. The fourth-order valence-corrected chi connectivity index (χ4v) is 22.6. The van der Waals surface area contributed by atoms with Crippen LogP contribution in [0.15, 0.2) is 528 Å². The van der Waals surface area contributed by atoms with Crippen molar-refractivity contribution in [1.29, 1.82) is 0 Å². The molecule has 0 bridgehead atoms. The molecular weight excluding hydrogens is 1690 g/mol. The number of benzene rings is 22. The van der Waals surface area contributed by atoms with E-state index >= 15 is 0 Å². The van der Waals surface area contributed by atoms with Crippen molar-refractivity contribution in [2.75, 3.05) is 0 Å². The molecule has 22 aromatic carbocycles. The summed E-state index contributed by atoms with van der Waals surface area (Å²) in [6.45, 7) is 0. The topological polar surface area (TPSA) is 24.6 Å². The summed E-state index contributed by atoms with van der Waals surface area (Å²) in [5, 5.41) is 15.3. The summed E-state index contributed by atoms with van der Waals surface area (Å²) >= 11 is 1.89. The second kappa shape index (κ2) is 34.3. The lowest BCUT2D eigenvalue weighted by Gasteiger charge is -2.15. The summed E-state index contributed by atoms with van der Waals surface area (Å²) in [5.74, 6) is 0. The number of aromatic nitrogens is 5. The predicted octanol–water partition coefficient (Wildman–Crippen LogP) is 36.2. The minimum Gasteiger partial charge on any atom is -0.309 e. The first-order valence-corrected chi connectivity index (χ1v) is 48.1. The van der Waals surface area contributed by atoms with Crippen LogP contribution in [0.2, 0.25) is 0 Å². The molecule has 0 radical (unpaired) electrons. The van der Waals surface area contributed by atoms with Crippen LogP contribution in [0, 0.1) is 0 Å². The zero-order valence-corrected chi connectivity index (χ0v) is 76.2. The van der Waals surface area contributed by atoms with Crippen LogP contribution in [0.25, 0.3) is 247 Å². The maximum absolute atomic E-state index is 2.43. The van der Waals surface area contributed by atoms with E-state index in [1.807, 2.05) is 11.3 Å². The SMILES string of the molecule is c1ccc(-c2ccc(-c3cc(-c4ccc5c(c4)c4ccccc4n5-c4ccccc4)cc(-c4cccc5c4sc4ccccc45)c3)cc2)cc1.c1ccc(-c2ccc(-c3cc(-c4ccc5c(c4)c4ccccc4n5-c4ccccc4)cc(-n4c5ccccc5c5ccccc54)c3)cc2)cc1.c1ccc(-n2c3ccccc3c3cc(-c4cccc(-n5c6ccccc6c6ccccc65)c4)ccc32)cc1. The third-order valence-electron chi connectivity index (χ3n) is 27.8. The smallest absolute Gasteiger partial charge is 0.0541 e. The zero-order chi connectivity index (χ0) is 91.1. The van der Waals surface area contributed by atoms with Gasteiger partial charge >= 0.3 is 0 Å². The fraction of sp³-hybridized carbons (Fsp3) is 0. The van der Waals surface area contributed by atoms with Gasteiger partial charge in [0.15, 0.2) is 0 Å². The molecule has 6 heteroatoms. The molecule has 6 heterocycles. The van der Waals surface area contributed by atoms with Crippen molar-refractivity contribution in [2.24, 2.45) is 0 Å². The first kappa shape index (κ1) is 80.9. The van der Waals surface area contributed by atoms with E-state index in [9.17, 15) is 0 Å². The average molecular weight is 1780 g/mol. The van der Waals surface area contributed by atoms with Crippen molar-refractivity contribution in [3.63, 3.8) is 0 Å². The van der Waals surface area contributed by atoms with Gasteiger partial charge in [0.1, 0.15) is 0 Å². The van der Waals surface area contributed by atoms with Crippen molar-refractivity contribution in [3.05, 3.63) is 528 Å². The van der Waals surface area contributed by atoms with E-state index in [4.69, 9.17) is 0 Å². The molecule has 0 aliphatic rings. The molecule has 0 saturated carbocycles. The van der Waals surface area contributed by atoms with Gasteiger partial charge in [-0.25, -0.2) is 0 Å². The van der Waals surface area contributed by atoms with Crippen LogP contribution >= 0.6 is 11.3 Å². The Bertz CT molecular complexity index is 9430. The standard InChI is InChI=1S/C48H32N2.C48H31NS.C36H24N2/c1-3-13-33(14-4-1)34-23-25-35(26-24-34)37-29-38(31-40(30-37)50-45-20-10-7-17-41(45)42-18-8-11-21-46(42)50)36-27-28-48-44(32-36)43-19-9-12-22-47(43)49(48)39-15-5-2-6-16-39;1-3-12-32(13-4-1)33-22-24-34(25-23-33)36-28-37(30-38(29-36)40-18-11-19-43-42-17-8-10-21-47(42)50-48(40)43)35-26-27-46-44(31-35)41-16-7-9-20-45(41)49(46)39-14-5-2-6-15-39;1-2-12-27(13-3-1)37-35-20-9-6-17-31(35)32-24-26(21-22-36(32)37)25-11-10-14-28(23-25)38-33-18-7-4-15-29(33)30-16-5-8-19-34(30)38/h1-32H;1-31H;1-24H. The summed E-state index contributed by atoms with van der Waals surface area (Å²) < 4.78 is 14.6. The maximum Gasteiger partial charge on any atom is 0.0541 e. The molecule has 0 aliphatic heterocycles. The second-order valence-electron chi connectivity index (χ2n) is 35.8. The van der Waals surface area contributed by atoms with Gasteiger partial charge in [0.2, 0.25) is 0 Å². The average Bonchev–Trinajstić information content (AvgIpc) is 1.58. The van der Waals surface area contributed by atoms with Crippen LogP contribution in [0.3, 0.4) is 0 Å². The fourth-order valence-electron chi connectivity index (χ4n) is 21.4.